The van der Waals surface area contributed by atoms with Crippen LogP contribution in [0, 0.1) is 11.6 Å². The fourth-order valence-electron chi connectivity index (χ4n) is 3.96. The van der Waals surface area contributed by atoms with E-state index in [1.54, 1.807) is 23.0 Å². The summed E-state index contributed by atoms with van der Waals surface area (Å²) in [6, 6.07) is 9.15. The Bertz CT molecular complexity index is 1410. The van der Waals surface area contributed by atoms with Gasteiger partial charge in [0.15, 0.2) is 5.82 Å². The minimum Gasteiger partial charge on any atom is -0.437 e. The smallest absolute Gasteiger partial charge is 0.264 e. The van der Waals surface area contributed by atoms with Gasteiger partial charge in [0.25, 0.3) is 5.91 Å². The van der Waals surface area contributed by atoms with Crippen LogP contribution in [0.4, 0.5) is 14.6 Å². The largest absolute Gasteiger partial charge is 0.437 e. The summed E-state index contributed by atoms with van der Waals surface area (Å²) >= 11 is 5.95. The maximum Gasteiger partial charge on any atom is 0.264 e. The summed E-state index contributed by atoms with van der Waals surface area (Å²) in [6.07, 6.45) is 7.16. The predicted octanol–water partition coefficient (Wildman–Crippen LogP) is 5.58. The number of halogens is 3. The van der Waals surface area contributed by atoms with Crippen molar-refractivity contribution < 1.29 is 18.3 Å². The van der Waals surface area contributed by atoms with Crippen LogP contribution in [0.15, 0.2) is 55.0 Å². The zero-order valence-electron chi connectivity index (χ0n) is 18.7. The van der Waals surface area contributed by atoms with Crippen LogP contribution in [-0.2, 0) is 13.5 Å². The third kappa shape index (κ3) is 4.59. The van der Waals surface area contributed by atoms with Crippen molar-refractivity contribution >= 4 is 23.3 Å². The number of aryl methyl sites for hydroxylation is 2. The van der Waals surface area contributed by atoms with Crippen LogP contribution in [0.1, 0.15) is 28.9 Å². The topological polar surface area (TPSA) is 73.1 Å². The number of ether oxygens (including phenoxy) is 1. The van der Waals surface area contributed by atoms with E-state index in [4.69, 9.17) is 16.3 Å². The monoisotopic (exact) mass is 495 g/mol. The Morgan fingerprint density at radius 1 is 1.03 bits per heavy atom. The van der Waals surface area contributed by atoms with Crippen molar-refractivity contribution in [1.82, 2.24) is 19.7 Å². The Kier molecular flexibility index (Phi) is 6.17. The van der Waals surface area contributed by atoms with Gasteiger partial charge in [0.2, 0.25) is 5.88 Å². The normalized spacial score (nSPS) is 13.3. The Labute approximate surface area is 205 Å². The number of aromatic nitrogens is 4. The van der Waals surface area contributed by atoms with Gasteiger partial charge in [0, 0.05) is 25.4 Å². The number of hydrogen-bond acceptors (Lipinski definition) is 5. The number of rotatable bonds is 4. The number of carbonyl (C=O) groups is 1. The van der Waals surface area contributed by atoms with Gasteiger partial charge in [0.05, 0.1) is 28.7 Å². The molecule has 0 saturated heterocycles. The third-order valence-electron chi connectivity index (χ3n) is 5.72. The van der Waals surface area contributed by atoms with Crippen molar-refractivity contribution in [3.63, 3.8) is 0 Å². The molecule has 35 heavy (non-hydrogen) atoms. The number of anilines is 1. The molecule has 0 atom stereocenters. The molecule has 0 aliphatic carbocycles. The molecule has 10 heteroatoms. The van der Waals surface area contributed by atoms with Crippen LogP contribution in [0.5, 0.6) is 11.6 Å². The molecular formula is C25H20ClF2N5O2. The fourth-order valence-corrected chi connectivity index (χ4v) is 4.19. The van der Waals surface area contributed by atoms with E-state index < -0.39 is 28.1 Å². The molecule has 0 fully saturated rings. The predicted molar refractivity (Wildman–Crippen MR) is 127 cm³/mol. The average molecular weight is 496 g/mol. The van der Waals surface area contributed by atoms with Crippen LogP contribution < -0.4 is 9.64 Å². The number of benzene rings is 2. The van der Waals surface area contributed by atoms with E-state index in [0.717, 1.165) is 29.7 Å². The highest BCUT2D eigenvalue weighted by atomic mass is 35.5. The van der Waals surface area contributed by atoms with Crippen LogP contribution in [-0.4, -0.2) is 32.2 Å². The SMILES string of the molecule is Cn1cc(-c2ccc(Oc3cnc4c(n3)N(C(=O)c3c(F)ccc(F)c3Cl)CCCC4)cc2)cn1. The zero-order chi connectivity index (χ0) is 24.5. The molecule has 0 unspecified atom stereocenters. The number of nitrogens with zero attached hydrogens (tertiary/aromatic N) is 5. The van der Waals surface area contributed by atoms with Gasteiger partial charge in [-0.25, -0.2) is 8.78 Å². The van der Waals surface area contributed by atoms with Gasteiger partial charge < -0.3 is 4.74 Å². The molecule has 1 amide bonds. The molecule has 5 rings (SSSR count). The minimum absolute atomic E-state index is 0.170. The molecule has 0 N–H and O–H groups in total. The second-order valence-electron chi connectivity index (χ2n) is 8.14. The first kappa shape index (κ1) is 22.9. The number of carbonyl (C=O) groups excluding carboxylic acids is 1. The second kappa shape index (κ2) is 9.42. The Hall–Kier alpha value is -3.85. The van der Waals surface area contributed by atoms with Crippen molar-refractivity contribution in [3.8, 4) is 22.8 Å². The van der Waals surface area contributed by atoms with Crippen LogP contribution in [0.2, 0.25) is 5.02 Å². The maximum atomic E-state index is 14.5. The summed E-state index contributed by atoms with van der Waals surface area (Å²) in [6.45, 7) is 0.260. The highest BCUT2D eigenvalue weighted by Gasteiger charge is 2.29. The second-order valence-corrected chi connectivity index (χ2v) is 8.52. The van der Waals surface area contributed by atoms with Gasteiger partial charge in [-0.3, -0.25) is 19.4 Å². The summed E-state index contributed by atoms with van der Waals surface area (Å²) in [7, 11) is 1.85. The van der Waals surface area contributed by atoms with Gasteiger partial charge >= 0.3 is 0 Å². The van der Waals surface area contributed by atoms with E-state index >= 15 is 0 Å². The Morgan fingerprint density at radius 3 is 2.54 bits per heavy atom. The van der Waals surface area contributed by atoms with E-state index in [2.05, 4.69) is 15.1 Å². The molecule has 3 heterocycles. The summed E-state index contributed by atoms with van der Waals surface area (Å²) in [5.41, 5.74) is 1.99. The average Bonchev–Trinajstić information content (AvgIpc) is 3.17. The first-order valence-corrected chi connectivity index (χ1v) is 11.4. The van der Waals surface area contributed by atoms with E-state index in [9.17, 15) is 13.6 Å². The Morgan fingerprint density at radius 2 is 1.80 bits per heavy atom. The van der Waals surface area contributed by atoms with Crippen LogP contribution in [0.3, 0.4) is 0 Å². The lowest BCUT2D eigenvalue weighted by molar-refractivity contribution is 0.0982. The maximum absolute atomic E-state index is 14.5. The quantitative estimate of drug-likeness (QED) is 0.345. The van der Waals surface area contributed by atoms with E-state index in [0.29, 0.717) is 24.3 Å². The van der Waals surface area contributed by atoms with Crippen molar-refractivity contribution in [3.05, 3.63) is 82.9 Å². The number of fused-ring (bicyclic) bond motifs is 1. The molecule has 4 aromatic rings. The first-order valence-electron chi connectivity index (χ1n) is 11.0. The molecule has 2 aromatic heterocycles. The molecule has 0 radical (unpaired) electrons. The molecular weight excluding hydrogens is 476 g/mol. The lowest BCUT2D eigenvalue weighted by atomic mass is 10.1. The summed E-state index contributed by atoms with van der Waals surface area (Å²) in [5, 5.41) is 3.61. The van der Waals surface area contributed by atoms with Gasteiger partial charge in [-0.2, -0.15) is 10.1 Å². The van der Waals surface area contributed by atoms with Crippen molar-refractivity contribution in [2.24, 2.45) is 7.05 Å². The van der Waals surface area contributed by atoms with E-state index in [-0.39, 0.29) is 18.2 Å². The molecule has 0 saturated carbocycles. The highest BCUT2D eigenvalue weighted by Crippen LogP contribution is 2.31. The lowest BCUT2D eigenvalue weighted by Gasteiger charge is -2.22. The number of hydrogen-bond donors (Lipinski definition) is 0. The molecule has 0 bridgehead atoms. The molecule has 1 aliphatic heterocycles. The molecule has 178 valence electrons. The van der Waals surface area contributed by atoms with Crippen molar-refractivity contribution in [1.29, 1.82) is 0 Å². The lowest BCUT2D eigenvalue weighted by Crippen LogP contribution is -2.33. The Balaban J connectivity index is 1.44. The number of amides is 1. The molecule has 0 spiro atoms. The molecule has 7 nitrogen and oxygen atoms in total. The molecule has 2 aromatic carbocycles. The standard InChI is InChI=1S/C25H20ClF2N5O2/c1-32-14-16(12-30-32)15-5-7-17(8-6-15)35-21-13-29-20-4-2-3-11-33(24(20)31-21)25(34)22-18(27)9-10-19(28)23(22)26/h5-10,12-14H,2-4,11H2,1H3. The highest BCUT2D eigenvalue weighted by molar-refractivity contribution is 6.34. The minimum atomic E-state index is -0.902. The zero-order valence-corrected chi connectivity index (χ0v) is 19.5. The van der Waals surface area contributed by atoms with Crippen LogP contribution >= 0.6 is 11.6 Å². The van der Waals surface area contributed by atoms with Gasteiger partial charge in [-0.15, -0.1) is 0 Å². The van der Waals surface area contributed by atoms with Gasteiger partial charge in [0.1, 0.15) is 17.4 Å². The van der Waals surface area contributed by atoms with Crippen LogP contribution in [0.25, 0.3) is 11.1 Å². The summed E-state index contributed by atoms with van der Waals surface area (Å²) in [4.78, 5) is 23.5. The fraction of sp³-hybridized carbons (Fsp3) is 0.200. The van der Waals surface area contributed by atoms with Crippen molar-refractivity contribution in [2.75, 3.05) is 11.4 Å². The summed E-state index contributed by atoms with van der Waals surface area (Å²) < 4.78 is 36.1. The molecule has 1 aliphatic rings. The third-order valence-corrected chi connectivity index (χ3v) is 6.09. The summed E-state index contributed by atoms with van der Waals surface area (Å²) in [5.74, 6) is -1.61. The first-order chi connectivity index (χ1) is 16.9. The van der Waals surface area contributed by atoms with E-state index in [1.165, 1.54) is 11.1 Å². The van der Waals surface area contributed by atoms with Gasteiger partial charge in [-0.05, 0) is 49.1 Å². The van der Waals surface area contributed by atoms with Crippen molar-refractivity contribution in [2.45, 2.75) is 19.3 Å². The van der Waals surface area contributed by atoms with Gasteiger partial charge in [-0.1, -0.05) is 23.7 Å². The van der Waals surface area contributed by atoms with E-state index in [1.807, 2.05) is 25.4 Å².